The van der Waals surface area contributed by atoms with Gasteiger partial charge in [-0.05, 0) is 42.8 Å². The summed E-state index contributed by atoms with van der Waals surface area (Å²) in [5.74, 6) is 1.76. The zero-order valence-corrected chi connectivity index (χ0v) is 12.1. The molecular weight excluding hydrogens is 232 g/mol. The molecule has 98 valence electrons. The Bertz CT molecular complexity index is 330. The quantitative estimate of drug-likeness (QED) is 0.764. The summed E-state index contributed by atoms with van der Waals surface area (Å²) in [6.45, 7) is 4.86. The first-order valence-corrected chi connectivity index (χ1v) is 7.46. The monoisotopic (exact) mass is 256 g/mol. The molecule has 1 unspecified atom stereocenters. The summed E-state index contributed by atoms with van der Waals surface area (Å²) in [6.07, 6.45) is 6.09. The van der Waals surface area contributed by atoms with Crippen LogP contribution in [0.1, 0.15) is 46.0 Å². The lowest BCUT2D eigenvalue weighted by molar-refractivity contribution is -0.196. The van der Waals surface area contributed by atoms with E-state index >= 15 is 0 Å². The third-order valence-electron chi connectivity index (χ3n) is 6.30. The molecule has 3 heteroatoms. The van der Waals surface area contributed by atoms with Crippen LogP contribution >= 0.6 is 12.6 Å². The molecule has 1 saturated heterocycles. The maximum absolute atomic E-state index is 6.35. The first-order valence-electron chi connectivity index (χ1n) is 6.83. The summed E-state index contributed by atoms with van der Waals surface area (Å²) < 4.78 is 11.8. The highest BCUT2D eigenvalue weighted by molar-refractivity contribution is 7.80. The summed E-state index contributed by atoms with van der Waals surface area (Å²) >= 11 is 4.71. The molecule has 3 rings (SSSR count). The van der Waals surface area contributed by atoms with Gasteiger partial charge < -0.3 is 9.47 Å². The van der Waals surface area contributed by atoms with Crippen LogP contribution in [0.15, 0.2) is 0 Å². The Morgan fingerprint density at radius 1 is 1.29 bits per heavy atom. The highest BCUT2D eigenvalue weighted by Crippen LogP contribution is 2.73. The van der Waals surface area contributed by atoms with Gasteiger partial charge in [-0.2, -0.15) is 12.6 Å². The van der Waals surface area contributed by atoms with Crippen LogP contribution in [0.2, 0.25) is 0 Å². The molecule has 1 heterocycles. The molecule has 17 heavy (non-hydrogen) atoms. The fourth-order valence-electron chi connectivity index (χ4n) is 5.08. The van der Waals surface area contributed by atoms with Crippen molar-refractivity contribution < 1.29 is 9.47 Å². The van der Waals surface area contributed by atoms with E-state index in [1.807, 2.05) is 0 Å². The lowest BCUT2D eigenvalue weighted by atomic mass is 9.63. The molecule has 0 aromatic heterocycles. The van der Waals surface area contributed by atoms with E-state index in [-0.39, 0.29) is 17.3 Å². The van der Waals surface area contributed by atoms with Crippen LogP contribution in [-0.4, -0.2) is 24.8 Å². The van der Waals surface area contributed by atoms with Crippen molar-refractivity contribution in [3.63, 3.8) is 0 Å². The minimum absolute atomic E-state index is 0.0157. The molecular formula is C14H24O2S. The van der Waals surface area contributed by atoms with Crippen molar-refractivity contribution in [2.45, 2.75) is 57.8 Å². The van der Waals surface area contributed by atoms with Gasteiger partial charge in [0, 0.05) is 18.9 Å². The molecule has 1 aliphatic heterocycles. The van der Waals surface area contributed by atoms with E-state index in [1.165, 1.54) is 19.3 Å². The van der Waals surface area contributed by atoms with Crippen LogP contribution in [0.5, 0.6) is 0 Å². The van der Waals surface area contributed by atoms with Gasteiger partial charge in [-0.3, -0.25) is 0 Å². The molecule has 0 radical (unpaired) electrons. The van der Waals surface area contributed by atoms with E-state index in [1.54, 1.807) is 7.11 Å². The second-order valence-electron chi connectivity index (χ2n) is 6.72. The number of hydrogen-bond donors (Lipinski definition) is 1. The van der Waals surface area contributed by atoms with Gasteiger partial charge in [0.25, 0.3) is 0 Å². The summed E-state index contributed by atoms with van der Waals surface area (Å²) in [5.41, 5.74) is 0.695. The lowest BCUT2D eigenvalue weighted by Crippen LogP contribution is -2.50. The van der Waals surface area contributed by atoms with Gasteiger partial charge >= 0.3 is 0 Å². The Kier molecular flexibility index (Phi) is 2.64. The van der Waals surface area contributed by atoms with E-state index < -0.39 is 0 Å². The number of thiol groups is 1. The predicted octanol–water partition coefficient (Wildman–Crippen LogP) is 3.26. The minimum Gasteiger partial charge on any atom is -0.356 e. The highest BCUT2D eigenvalue weighted by atomic mass is 32.1. The average molecular weight is 256 g/mol. The van der Waals surface area contributed by atoms with Crippen LogP contribution in [-0.2, 0) is 9.47 Å². The highest BCUT2D eigenvalue weighted by Gasteiger charge is 2.72. The summed E-state index contributed by atoms with van der Waals surface area (Å²) in [5, 5.41) is 0. The topological polar surface area (TPSA) is 18.5 Å². The lowest BCUT2D eigenvalue weighted by Gasteiger charge is -2.48. The Morgan fingerprint density at radius 2 is 2.06 bits per heavy atom. The summed E-state index contributed by atoms with van der Waals surface area (Å²) in [4.78, 5) is 0. The number of ether oxygens (including phenoxy) is 2. The SMILES string of the molecule is COC1CC[C@]2(C[C@H]3CC[C@]2(CS)C3(C)C)O1. The molecule has 4 atom stereocenters. The Balaban J connectivity index is 1.98. The molecule has 2 nitrogen and oxygen atoms in total. The molecule has 2 bridgehead atoms. The van der Waals surface area contributed by atoms with Gasteiger partial charge in [0.15, 0.2) is 6.29 Å². The minimum atomic E-state index is 0.0157. The Hall–Kier alpha value is 0.270. The zero-order valence-electron chi connectivity index (χ0n) is 11.2. The fourth-order valence-corrected chi connectivity index (χ4v) is 5.93. The van der Waals surface area contributed by atoms with E-state index in [4.69, 9.17) is 22.1 Å². The average Bonchev–Trinajstić information content (AvgIpc) is 2.88. The third kappa shape index (κ3) is 1.26. The Morgan fingerprint density at radius 3 is 2.59 bits per heavy atom. The van der Waals surface area contributed by atoms with E-state index in [9.17, 15) is 0 Å². The maximum Gasteiger partial charge on any atom is 0.158 e. The zero-order chi connectivity index (χ0) is 12.3. The molecule has 2 aliphatic carbocycles. The first kappa shape index (κ1) is 12.3. The van der Waals surface area contributed by atoms with Crippen molar-refractivity contribution in [1.82, 2.24) is 0 Å². The van der Waals surface area contributed by atoms with Gasteiger partial charge in [0.05, 0.1) is 5.60 Å². The van der Waals surface area contributed by atoms with Crippen molar-refractivity contribution in [1.29, 1.82) is 0 Å². The normalized spacial score (nSPS) is 51.5. The van der Waals surface area contributed by atoms with Crippen molar-refractivity contribution in [2.24, 2.45) is 16.7 Å². The molecule has 0 amide bonds. The maximum atomic E-state index is 6.35. The molecule has 1 spiro atoms. The molecule has 0 N–H and O–H groups in total. The summed E-state index contributed by atoms with van der Waals surface area (Å²) in [7, 11) is 1.76. The molecule has 2 saturated carbocycles. The van der Waals surface area contributed by atoms with Crippen molar-refractivity contribution in [3.05, 3.63) is 0 Å². The standard InChI is InChI=1S/C14H24O2S/c1-12(2)10-4-6-13(12,9-17)14(8-10)7-5-11(15-3)16-14/h10-11,17H,4-9H2,1-3H3/t10-,11?,13+,14-/m1/s1. The number of rotatable bonds is 2. The van der Waals surface area contributed by atoms with E-state index in [0.29, 0.717) is 5.41 Å². The van der Waals surface area contributed by atoms with E-state index in [2.05, 4.69) is 13.8 Å². The second kappa shape index (κ2) is 3.64. The number of hydrogen-bond acceptors (Lipinski definition) is 3. The molecule has 0 aromatic rings. The van der Waals surface area contributed by atoms with Gasteiger partial charge in [0.1, 0.15) is 0 Å². The first-order chi connectivity index (χ1) is 8.01. The number of methoxy groups -OCH3 is 1. The van der Waals surface area contributed by atoms with Gasteiger partial charge in [-0.15, -0.1) is 0 Å². The largest absolute Gasteiger partial charge is 0.356 e. The van der Waals surface area contributed by atoms with Crippen molar-refractivity contribution in [2.75, 3.05) is 12.9 Å². The van der Waals surface area contributed by atoms with Crippen molar-refractivity contribution >= 4 is 12.6 Å². The third-order valence-corrected chi connectivity index (χ3v) is 6.84. The summed E-state index contributed by atoms with van der Waals surface area (Å²) in [6, 6.07) is 0. The van der Waals surface area contributed by atoms with Crippen LogP contribution in [0.3, 0.4) is 0 Å². The second-order valence-corrected chi connectivity index (χ2v) is 7.03. The van der Waals surface area contributed by atoms with Crippen LogP contribution in [0.4, 0.5) is 0 Å². The van der Waals surface area contributed by atoms with Crippen LogP contribution in [0.25, 0.3) is 0 Å². The van der Waals surface area contributed by atoms with Crippen LogP contribution in [0, 0.1) is 16.7 Å². The smallest absolute Gasteiger partial charge is 0.158 e. The predicted molar refractivity (Wildman–Crippen MR) is 71.3 cm³/mol. The van der Waals surface area contributed by atoms with Gasteiger partial charge in [-0.1, -0.05) is 13.8 Å². The van der Waals surface area contributed by atoms with Crippen LogP contribution < -0.4 is 0 Å². The fraction of sp³-hybridized carbons (Fsp3) is 1.00. The molecule has 3 aliphatic rings. The van der Waals surface area contributed by atoms with E-state index in [0.717, 1.165) is 24.5 Å². The Labute approximate surface area is 110 Å². The molecule has 3 fully saturated rings. The van der Waals surface area contributed by atoms with Gasteiger partial charge in [-0.25, -0.2) is 0 Å². The van der Waals surface area contributed by atoms with Gasteiger partial charge in [0.2, 0.25) is 0 Å². The number of fused-ring (bicyclic) bond motifs is 3. The molecule has 0 aromatic carbocycles. The van der Waals surface area contributed by atoms with Crippen molar-refractivity contribution in [3.8, 4) is 0 Å².